The van der Waals surface area contributed by atoms with Gasteiger partial charge in [-0.25, -0.2) is 0 Å². The number of hydrogen-bond acceptors (Lipinski definition) is 4. The second kappa shape index (κ2) is 8.06. The highest BCUT2D eigenvalue weighted by Crippen LogP contribution is 2.27. The molecule has 0 amide bonds. The molecule has 1 heterocycles. The lowest BCUT2D eigenvalue weighted by atomic mass is 10.1. The molecule has 3 aromatic rings. The highest BCUT2D eigenvalue weighted by atomic mass is 16.5. The van der Waals surface area contributed by atoms with Crippen molar-refractivity contribution in [3.63, 3.8) is 0 Å². The summed E-state index contributed by atoms with van der Waals surface area (Å²) < 4.78 is 13.1. The third-order valence-electron chi connectivity index (χ3n) is 4.01. The summed E-state index contributed by atoms with van der Waals surface area (Å²) in [5.74, 6) is 1.63. The predicted molar refractivity (Wildman–Crippen MR) is 101 cm³/mol. The van der Waals surface area contributed by atoms with Crippen LogP contribution in [0, 0.1) is 0 Å². The van der Waals surface area contributed by atoms with E-state index in [2.05, 4.69) is 5.10 Å². The second-order valence-electron chi connectivity index (χ2n) is 6.34. The molecule has 0 aliphatic rings. The molecular formula is C21H24N2O3. The van der Waals surface area contributed by atoms with Gasteiger partial charge in [0.05, 0.1) is 37.8 Å². The lowest BCUT2D eigenvalue weighted by Crippen LogP contribution is -2.10. The zero-order valence-electron chi connectivity index (χ0n) is 15.3. The minimum atomic E-state index is -0.103. The molecule has 0 fully saturated rings. The second-order valence-corrected chi connectivity index (χ2v) is 6.34. The monoisotopic (exact) mass is 352 g/mol. The number of para-hydroxylation sites is 1. The minimum absolute atomic E-state index is 0.0969. The van der Waals surface area contributed by atoms with Crippen LogP contribution in [0.5, 0.6) is 11.5 Å². The Balaban J connectivity index is 1.99. The largest absolute Gasteiger partial charge is 0.497 e. The van der Waals surface area contributed by atoms with Crippen LogP contribution in [-0.2, 0) is 13.2 Å². The Morgan fingerprint density at radius 3 is 2.62 bits per heavy atom. The van der Waals surface area contributed by atoms with Crippen molar-refractivity contribution in [1.29, 1.82) is 0 Å². The Bertz CT molecular complexity index is 871. The van der Waals surface area contributed by atoms with Crippen LogP contribution in [0.1, 0.15) is 25.1 Å². The molecular weight excluding hydrogens is 328 g/mol. The third-order valence-corrected chi connectivity index (χ3v) is 4.01. The number of ether oxygens (including phenoxy) is 2. The van der Waals surface area contributed by atoms with Gasteiger partial charge in [-0.2, -0.15) is 5.10 Å². The Labute approximate surface area is 153 Å². The molecule has 0 saturated heterocycles. The Kier molecular flexibility index (Phi) is 5.58. The van der Waals surface area contributed by atoms with Gasteiger partial charge in [0, 0.05) is 11.1 Å². The Morgan fingerprint density at radius 1 is 1.08 bits per heavy atom. The van der Waals surface area contributed by atoms with Crippen molar-refractivity contribution in [1.82, 2.24) is 9.78 Å². The summed E-state index contributed by atoms with van der Waals surface area (Å²) >= 11 is 0. The van der Waals surface area contributed by atoms with Crippen LogP contribution < -0.4 is 9.47 Å². The fourth-order valence-electron chi connectivity index (χ4n) is 2.85. The fourth-order valence-corrected chi connectivity index (χ4v) is 2.85. The molecule has 0 atom stereocenters. The molecule has 3 rings (SSSR count). The first-order valence-corrected chi connectivity index (χ1v) is 8.67. The number of rotatable bonds is 7. The molecule has 0 spiro atoms. The molecule has 0 unspecified atom stereocenters. The van der Waals surface area contributed by atoms with Gasteiger partial charge in [0.1, 0.15) is 11.5 Å². The molecule has 2 aromatic carbocycles. The quantitative estimate of drug-likeness (QED) is 0.701. The highest BCUT2D eigenvalue weighted by Gasteiger charge is 2.13. The van der Waals surface area contributed by atoms with Gasteiger partial charge in [0.25, 0.3) is 0 Å². The summed E-state index contributed by atoms with van der Waals surface area (Å²) in [6.45, 7) is 4.47. The van der Waals surface area contributed by atoms with Crippen LogP contribution in [0.2, 0.25) is 0 Å². The van der Waals surface area contributed by atoms with Crippen molar-refractivity contribution >= 4 is 0 Å². The van der Waals surface area contributed by atoms with E-state index in [-0.39, 0.29) is 12.7 Å². The SMILES string of the molecule is COc1cccc(-c2cc(CO)nn2Cc2ccccc2OC(C)C)c1. The van der Waals surface area contributed by atoms with Gasteiger partial charge in [-0.1, -0.05) is 30.3 Å². The van der Waals surface area contributed by atoms with Crippen molar-refractivity contribution in [2.75, 3.05) is 7.11 Å². The van der Waals surface area contributed by atoms with Crippen LogP contribution >= 0.6 is 0 Å². The zero-order chi connectivity index (χ0) is 18.5. The minimum Gasteiger partial charge on any atom is -0.497 e. The topological polar surface area (TPSA) is 56.5 Å². The number of aromatic nitrogens is 2. The summed E-state index contributed by atoms with van der Waals surface area (Å²) in [4.78, 5) is 0. The molecule has 0 radical (unpaired) electrons. The summed E-state index contributed by atoms with van der Waals surface area (Å²) in [6, 6.07) is 17.7. The van der Waals surface area contributed by atoms with E-state index >= 15 is 0 Å². The first kappa shape index (κ1) is 18.0. The molecule has 0 saturated carbocycles. The van der Waals surface area contributed by atoms with E-state index in [1.54, 1.807) is 7.11 Å². The van der Waals surface area contributed by atoms with Gasteiger partial charge in [-0.15, -0.1) is 0 Å². The molecule has 0 aliphatic carbocycles. The number of benzene rings is 2. The van der Waals surface area contributed by atoms with Crippen LogP contribution in [0.15, 0.2) is 54.6 Å². The van der Waals surface area contributed by atoms with E-state index in [4.69, 9.17) is 9.47 Å². The number of aliphatic hydroxyl groups is 1. The molecule has 26 heavy (non-hydrogen) atoms. The average molecular weight is 352 g/mol. The van der Waals surface area contributed by atoms with Crippen molar-refractivity contribution in [3.05, 3.63) is 65.9 Å². The molecule has 0 bridgehead atoms. The van der Waals surface area contributed by atoms with Crippen LogP contribution in [0.4, 0.5) is 0 Å². The number of methoxy groups -OCH3 is 1. The van der Waals surface area contributed by atoms with Crippen LogP contribution in [-0.4, -0.2) is 28.1 Å². The lowest BCUT2D eigenvalue weighted by Gasteiger charge is -2.15. The maximum Gasteiger partial charge on any atom is 0.124 e. The Hall–Kier alpha value is -2.79. The van der Waals surface area contributed by atoms with Crippen molar-refractivity contribution in [2.45, 2.75) is 33.1 Å². The normalized spacial score (nSPS) is 11.0. The molecule has 1 N–H and O–H groups in total. The van der Waals surface area contributed by atoms with Gasteiger partial charge in [-0.3, -0.25) is 4.68 Å². The van der Waals surface area contributed by atoms with Crippen LogP contribution in [0.3, 0.4) is 0 Å². The average Bonchev–Trinajstić information content (AvgIpc) is 3.06. The smallest absolute Gasteiger partial charge is 0.124 e. The van der Waals surface area contributed by atoms with Crippen molar-refractivity contribution < 1.29 is 14.6 Å². The fraction of sp³-hybridized carbons (Fsp3) is 0.286. The first-order valence-electron chi connectivity index (χ1n) is 8.67. The first-order chi connectivity index (χ1) is 12.6. The van der Waals surface area contributed by atoms with Gasteiger partial charge >= 0.3 is 0 Å². The summed E-state index contributed by atoms with van der Waals surface area (Å²) in [5, 5.41) is 14.1. The summed E-state index contributed by atoms with van der Waals surface area (Å²) in [6.07, 6.45) is 0.0969. The maximum atomic E-state index is 9.54. The van der Waals surface area contributed by atoms with E-state index in [0.717, 1.165) is 28.3 Å². The molecule has 5 heteroatoms. The third kappa shape index (κ3) is 4.06. The van der Waals surface area contributed by atoms with E-state index in [1.807, 2.05) is 73.1 Å². The Morgan fingerprint density at radius 2 is 1.88 bits per heavy atom. The van der Waals surface area contributed by atoms with E-state index in [9.17, 15) is 5.11 Å². The van der Waals surface area contributed by atoms with Gasteiger partial charge in [0.15, 0.2) is 0 Å². The standard InChI is InChI=1S/C21H24N2O3/c1-15(2)26-21-10-5-4-7-17(21)13-23-20(12-18(14-24)22-23)16-8-6-9-19(11-16)25-3/h4-12,15,24H,13-14H2,1-3H3. The summed E-state index contributed by atoms with van der Waals surface area (Å²) in [5.41, 5.74) is 3.58. The van der Waals surface area contributed by atoms with E-state index < -0.39 is 0 Å². The molecule has 5 nitrogen and oxygen atoms in total. The van der Waals surface area contributed by atoms with Crippen molar-refractivity contribution in [3.8, 4) is 22.8 Å². The van der Waals surface area contributed by atoms with E-state index in [1.165, 1.54) is 0 Å². The summed E-state index contributed by atoms with van der Waals surface area (Å²) in [7, 11) is 1.65. The van der Waals surface area contributed by atoms with Crippen LogP contribution in [0.25, 0.3) is 11.3 Å². The molecule has 136 valence electrons. The number of aliphatic hydroxyl groups excluding tert-OH is 1. The lowest BCUT2D eigenvalue weighted by molar-refractivity contribution is 0.239. The maximum absolute atomic E-state index is 9.54. The highest BCUT2D eigenvalue weighted by molar-refractivity contribution is 5.62. The zero-order valence-corrected chi connectivity index (χ0v) is 15.3. The molecule has 1 aromatic heterocycles. The van der Waals surface area contributed by atoms with Gasteiger partial charge in [-0.05, 0) is 38.1 Å². The number of nitrogens with zero attached hydrogens (tertiary/aromatic N) is 2. The van der Waals surface area contributed by atoms with E-state index in [0.29, 0.717) is 12.2 Å². The van der Waals surface area contributed by atoms with Gasteiger partial charge < -0.3 is 14.6 Å². The van der Waals surface area contributed by atoms with Crippen molar-refractivity contribution in [2.24, 2.45) is 0 Å². The predicted octanol–water partition coefficient (Wildman–Crippen LogP) is 3.89. The molecule has 0 aliphatic heterocycles. The van der Waals surface area contributed by atoms with Gasteiger partial charge in [0.2, 0.25) is 0 Å². The number of hydrogen-bond donors (Lipinski definition) is 1.